The third-order valence-corrected chi connectivity index (χ3v) is 7.07. The molecule has 1 heterocycles. The van der Waals surface area contributed by atoms with Crippen molar-refractivity contribution in [2.75, 3.05) is 27.7 Å². The second-order valence-electron chi connectivity index (χ2n) is 6.00. The maximum atomic E-state index is 12.6. The molecular formula is C19H19N3O3S2. The minimum Gasteiger partial charge on any atom is -0.321 e. The van der Waals surface area contributed by atoms with Gasteiger partial charge >= 0.3 is 0 Å². The van der Waals surface area contributed by atoms with Gasteiger partial charge in [0, 0.05) is 29.2 Å². The monoisotopic (exact) mass is 401 g/mol. The molecule has 1 N–H and O–H groups in total. The molecule has 0 spiro atoms. The number of carbonyl (C=O) groups is 1. The Morgan fingerprint density at radius 2 is 1.93 bits per heavy atom. The number of nitrogens with zero attached hydrogens (tertiary/aromatic N) is 2. The van der Waals surface area contributed by atoms with Crippen LogP contribution in [0.1, 0.15) is 23.2 Å². The van der Waals surface area contributed by atoms with Gasteiger partial charge in [-0.05, 0) is 42.8 Å². The van der Waals surface area contributed by atoms with Crippen LogP contribution in [0.15, 0.2) is 53.4 Å². The maximum Gasteiger partial charge on any atom is 0.255 e. The number of sulfonamides is 1. The Kier molecular flexibility index (Phi) is 6.04. The molecule has 0 bridgehead atoms. The van der Waals surface area contributed by atoms with Gasteiger partial charge in [0.1, 0.15) is 0 Å². The van der Waals surface area contributed by atoms with Crippen molar-refractivity contribution in [1.82, 2.24) is 0 Å². The van der Waals surface area contributed by atoms with E-state index in [0.29, 0.717) is 42.1 Å². The summed E-state index contributed by atoms with van der Waals surface area (Å²) in [5, 5.41) is 11.6. The molecule has 27 heavy (non-hydrogen) atoms. The summed E-state index contributed by atoms with van der Waals surface area (Å²) in [5.74, 6) is 0.553. The van der Waals surface area contributed by atoms with E-state index in [1.165, 1.54) is 16.1 Å². The summed E-state index contributed by atoms with van der Waals surface area (Å²) < 4.78 is 25.4. The van der Waals surface area contributed by atoms with E-state index < -0.39 is 10.0 Å². The third-order valence-electron chi connectivity index (χ3n) is 4.12. The molecule has 0 unspecified atom stereocenters. The number of nitrogens with one attached hydrogen (secondary N) is 1. The molecule has 6 nitrogen and oxygen atoms in total. The highest BCUT2D eigenvalue weighted by molar-refractivity contribution is 7.99. The molecule has 1 fully saturated rings. The van der Waals surface area contributed by atoms with E-state index in [2.05, 4.69) is 11.4 Å². The van der Waals surface area contributed by atoms with Crippen molar-refractivity contribution < 1.29 is 13.2 Å². The highest BCUT2D eigenvalue weighted by atomic mass is 32.2. The molecule has 1 amide bonds. The van der Waals surface area contributed by atoms with Crippen molar-refractivity contribution in [3.8, 4) is 6.07 Å². The maximum absolute atomic E-state index is 12.6. The molecule has 0 radical (unpaired) electrons. The van der Waals surface area contributed by atoms with Gasteiger partial charge in [-0.2, -0.15) is 5.26 Å². The molecule has 1 saturated heterocycles. The summed E-state index contributed by atoms with van der Waals surface area (Å²) in [6.45, 7) is 0.473. The zero-order valence-corrected chi connectivity index (χ0v) is 16.2. The van der Waals surface area contributed by atoms with E-state index in [9.17, 15) is 13.2 Å². The number of para-hydroxylation sites is 1. The van der Waals surface area contributed by atoms with Crippen molar-refractivity contribution in [2.45, 2.75) is 17.7 Å². The van der Waals surface area contributed by atoms with Crippen LogP contribution in [-0.2, 0) is 10.0 Å². The molecule has 1 aliphatic rings. The lowest BCUT2D eigenvalue weighted by Gasteiger charge is -2.17. The van der Waals surface area contributed by atoms with Crippen LogP contribution in [0.25, 0.3) is 0 Å². The largest absolute Gasteiger partial charge is 0.321 e. The van der Waals surface area contributed by atoms with E-state index >= 15 is 0 Å². The number of amides is 1. The molecule has 0 saturated carbocycles. The van der Waals surface area contributed by atoms with Gasteiger partial charge in [-0.3, -0.25) is 9.10 Å². The standard InChI is InChI=1S/C19H19N3O3S2/c20-11-3-13-26-18-6-2-1-5-17(18)21-19(23)15-7-9-16(10-8-15)22-12-4-14-27(22,24)25/h1-2,5-10H,3-4,12-14H2,(H,21,23). The van der Waals surface area contributed by atoms with Gasteiger partial charge in [0.15, 0.2) is 0 Å². The Morgan fingerprint density at radius 1 is 1.19 bits per heavy atom. The molecule has 0 aromatic heterocycles. The van der Waals surface area contributed by atoms with Crippen LogP contribution in [0.3, 0.4) is 0 Å². The van der Waals surface area contributed by atoms with Crippen molar-refractivity contribution >= 4 is 39.1 Å². The molecule has 8 heteroatoms. The Labute approximate surface area is 163 Å². The average molecular weight is 402 g/mol. The quantitative estimate of drug-likeness (QED) is 0.591. The average Bonchev–Trinajstić information content (AvgIpc) is 3.02. The number of anilines is 2. The van der Waals surface area contributed by atoms with Crippen LogP contribution >= 0.6 is 11.8 Å². The molecular weight excluding hydrogens is 382 g/mol. The van der Waals surface area contributed by atoms with Crippen LogP contribution in [0.2, 0.25) is 0 Å². The van der Waals surface area contributed by atoms with E-state index in [1.807, 2.05) is 24.3 Å². The Bertz CT molecular complexity index is 966. The summed E-state index contributed by atoms with van der Waals surface area (Å²) in [5.41, 5.74) is 1.72. The third kappa shape index (κ3) is 4.62. The van der Waals surface area contributed by atoms with Crippen LogP contribution in [0.5, 0.6) is 0 Å². The molecule has 0 aliphatic carbocycles. The second-order valence-corrected chi connectivity index (χ2v) is 9.15. The van der Waals surface area contributed by atoms with E-state index in [1.54, 1.807) is 24.3 Å². The Balaban J connectivity index is 1.71. The molecule has 1 aliphatic heterocycles. The SMILES string of the molecule is N#CCCSc1ccccc1NC(=O)c1ccc(N2CCCS2(=O)=O)cc1. The summed E-state index contributed by atoms with van der Waals surface area (Å²) in [4.78, 5) is 13.5. The first kappa shape index (κ1) is 19.3. The lowest BCUT2D eigenvalue weighted by atomic mass is 10.2. The minimum absolute atomic E-state index is 0.162. The fraction of sp³-hybridized carbons (Fsp3) is 0.263. The fourth-order valence-electron chi connectivity index (χ4n) is 2.81. The first-order chi connectivity index (χ1) is 13.0. The first-order valence-electron chi connectivity index (χ1n) is 8.52. The fourth-order valence-corrected chi connectivity index (χ4v) is 5.23. The number of benzene rings is 2. The zero-order valence-electron chi connectivity index (χ0n) is 14.6. The number of carbonyl (C=O) groups excluding carboxylic acids is 1. The van der Waals surface area contributed by atoms with E-state index in [4.69, 9.17) is 5.26 Å². The zero-order chi connectivity index (χ0) is 19.3. The predicted molar refractivity (Wildman–Crippen MR) is 108 cm³/mol. The molecule has 140 valence electrons. The predicted octanol–water partition coefficient (Wildman–Crippen LogP) is 3.48. The second kappa shape index (κ2) is 8.46. The number of hydrogen-bond donors (Lipinski definition) is 1. The number of nitriles is 1. The lowest BCUT2D eigenvalue weighted by Crippen LogP contribution is -2.25. The van der Waals surface area contributed by atoms with E-state index in [-0.39, 0.29) is 11.7 Å². The highest BCUT2D eigenvalue weighted by Gasteiger charge is 2.28. The topological polar surface area (TPSA) is 90.3 Å². The van der Waals surface area contributed by atoms with Crippen molar-refractivity contribution in [3.05, 3.63) is 54.1 Å². The van der Waals surface area contributed by atoms with Gasteiger partial charge in [-0.1, -0.05) is 12.1 Å². The van der Waals surface area contributed by atoms with Crippen LogP contribution in [0, 0.1) is 11.3 Å². The minimum atomic E-state index is -3.23. The van der Waals surface area contributed by atoms with Crippen molar-refractivity contribution in [1.29, 1.82) is 5.26 Å². The van der Waals surface area contributed by atoms with Gasteiger partial charge in [0.25, 0.3) is 5.91 Å². The van der Waals surface area contributed by atoms with Gasteiger partial charge in [-0.15, -0.1) is 11.8 Å². The summed E-state index contributed by atoms with van der Waals surface area (Å²) in [7, 11) is -3.23. The smallest absolute Gasteiger partial charge is 0.255 e. The van der Waals surface area contributed by atoms with Gasteiger partial charge < -0.3 is 5.32 Å². The highest BCUT2D eigenvalue weighted by Crippen LogP contribution is 2.28. The Hall–Kier alpha value is -2.50. The van der Waals surface area contributed by atoms with Crippen LogP contribution < -0.4 is 9.62 Å². The molecule has 2 aromatic carbocycles. The van der Waals surface area contributed by atoms with Gasteiger partial charge in [0.2, 0.25) is 10.0 Å². The molecule has 0 atom stereocenters. The van der Waals surface area contributed by atoms with Crippen LogP contribution in [0.4, 0.5) is 11.4 Å². The summed E-state index contributed by atoms with van der Waals surface area (Å²) >= 11 is 1.52. The van der Waals surface area contributed by atoms with Crippen molar-refractivity contribution in [3.63, 3.8) is 0 Å². The van der Waals surface area contributed by atoms with Gasteiger partial charge in [0.05, 0.1) is 23.2 Å². The Morgan fingerprint density at radius 3 is 2.59 bits per heavy atom. The normalized spacial score (nSPS) is 15.3. The number of hydrogen-bond acceptors (Lipinski definition) is 5. The molecule has 3 rings (SSSR count). The van der Waals surface area contributed by atoms with Crippen molar-refractivity contribution in [2.24, 2.45) is 0 Å². The number of rotatable bonds is 6. The van der Waals surface area contributed by atoms with Gasteiger partial charge in [-0.25, -0.2) is 8.42 Å². The summed E-state index contributed by atoms with van der Waals surface area (Å²) in [6.07, 6.45) is 1.05. The lowest BCUT2D eigenvalue weighted by molar-refractivity contribution is 0.102. The number of thioether (sulfide) groups is 1. The first-order valence-corrected chi connectivity index (χ1v) is 11.1. The van der Waals surface area contributed by atoms with Crippen LogP contribution in [-0.4, -0.2) is 32.4 Å². The van der Waals surface area contributed by atoms with E-state index in [0.717, 1.165) is 4.90 Å². The summed E-state index contributed by atoms with van der Waals surface area (Å²) in [6, 6.07) is 16.1. The molecule has 2 aromatic rings.